The Morgan fingerprint density at radius 2 is 2.11 bits per heavy atom. The Morgan fingerprint density at radius 3 is 2.11 bits per heavy atom. The minimum Gasteiger partial charge on any atom is -0.547 e. The Balaban J connectivity index is 0. The average Bonchev–Trinajstić information content (AvgIpc) is 1.64. The molecule has 9 heavy (non-hydrogen) atoms. The van der Waals surface area contributed by atoms with Gasteiger partial charge in [-0.2, -0.15) is 0 Å². The molecule has 0 bridgehead atoms. The molecule has 0 saturated heterocycles. The predicted molar refractivity (Wildman–Crippen MR) is 25.8 cm³/mol. The van der Waals surface area contributed by atoms with E-state index >= 15 is 0 Å². The van der Waals surface area contributed by atoms with E-state index in [4.69, 9.17) is 5.11 Å². The number of hydrogen-bond donors (Lipinski definition) is 1. The molecule has 46 valence electrons. The van der Waals surface area contributed by atoms with Gasteiger partial charge in [-0.3, -0.25) is 0 Å². The number of carboxylic acids is 1. The minimum atomic E-state index is -1.52. The van der Waals surface area contributed by atoms with Crippen molar-refractivity contribution in [1.29, 1.82) is 0 Å². The van der Waals surface area contributed by atoms with Gasteiger partial charge in [0.2, 0.25) is 0 Å². The van der Waals surface area contributed by atoms with Gasteiger partial charge < -0.3 is 15.0 Å². The quantitative estimate of drug-likeness (QED) is 0.323. The molecule has 0 aromatic carbocycles. The SMILES string of the molecule is C=C(C)C(O)C(=O)[O-].[K+]. The molecule has 1 N–H and O–H groups in total. The van der Waals surface area contributed by atoms with Crippen molar-refractivity contribution in [2.24, 2.45) is 0 Å². The van der Waals surface area contributed by atoms with Crippen molar-refractivity contribution in [2.45, 2.75) is 13.0 Å². The van der Waals surface area contributed by atoms with Crippen LogP contribution in [0.3, 0.4) is 0 Å². The first-order valence-electron chi connectivity index (χ1n) is 2.10. The maximum atomic E-state index is 9.72. The summed E-state index contributed by atoms with van der Waals surface area (Å²) >= 11 is 0. The van der Waals surface area contributed by atoms with Crippen LogP contribution >= 0.6 is 0 Å². The number of aliphatic hydroxyl groups is 1. The molecule has 0 spiro atoms. The van der Waals surface area contributed by atoms with Gasteiger partial charge >= 0.3 is 51.4 Å². The molecule has 0 aliphatic heterocycles. The van der Waals surface area contributed by atoms with E-state index in [9.17, 15) is 9.90 Å². The van der Waals surface area contributed by atoms with Crippen LogP contribution < -0.4 is 56.5 Å². The van der Waals surface area contributed by atoms with Crippen molar-refractivity contribution in [1.82, 2.24) is 0 Å². The van der Waals surface area contributed by atoms with Gasteiger partial charge in [0.1, 0.15) is 6.10 Å². The number of carbonyl (C=O) groups is 1. The molecule has 3 nitrogen and oxygen atoms in total. The second-order valence-electron chi connectivity index (χ2n) is 1.57. The van der Waals surface area contributed by atoms with E-state index in [0.29, 0.717) is 0 Å². The maximum Gasteiger partial charge on any atom is 1.00 e. The second-order valence-corrected chi connectivity index (χ2v) is 1.57. The molecule has 0 amide bonds. The molecule has 0 aliphatic rings. The average molecular weight is 154 g/mol. The van der Waals surface area contributed by atoms with Crippen molar-refractivity contribution in [3.8, 4) is 0 Å². The summed E-state index contributed by atoms with van der Waals surface area (Å²) in [7, 11) is 0. The van der Waals surface area contributed by atoms with E-state index in [1.165, 1.54) is 6.92 Å². The van der Waals surface area contributed by atoms with Gasteiger partial charge in [-0.05, 0) is 12.5 Å². The fraction of sp³-hybridized carbons (Fsp3) is 0.400. The molecule has 0 aliphatic carbocycles. The van der Waals surface area contributed by atoms with E-state index in [0.717, 1.165) is 0 Å². The van der Waals surface area contributed by atoms with Crippen molar-refractivity contribution in [3.63, 3.8) is 0 Å². The molecule has 0 saturated carbocycles. The van der Waals surface area contributed by atoms with Gasteiger partial charge in [0.25, 0.3) is 0 Å². The summed E-state index contributed by atoms with van der Waals surface area (Å²) in [6, 6.07) is 0. The van der Waals surface area contributed by atoms with Crippen molar-refractivity contribution in [2.75, 3.05) is 0 Å². The van der Waals surface area contributed by atoms with Gasteiger partial charge in [-0.25, -0.2) is 0 Å². The number of carboxylic acid groups (broad SMARTS) is 1. The van der Waals surface area contributed by atoms with Crippen LogP contribution in [0, 0.1) is 0 Å². The van der Waals surface area contributed by atoms with Gasteiger partial charge in [-0.15, -0.1) is 0 Å². The molecule has 4 heteroatoms. The third-order valence-corrected chi connectivity index (χ3v) is 0.690. The Labute approximate surface area is 96.2 Å². The van der Waals surface area contributed by atoms with Crippen LogP contribution in [-0.4, -0.2) is 17.2 Å². The number of rotatable bonds is 2. The molecule has 0 heterocycles. The van der Waals surface area contributed by atoms with Gasteiger partial charge in [0.05, 0.1) is 5.97 Å². The summed E-state index contributed by atoms with van der Waals surface area (Å²) in [6.07, 6.45) is -1.52. The van der Waals surface area contributed by atoms with Crippen LogP contribution in [0.4, 0.5) is 0 Å². The zero-order chi connectivity index (χ0) is 6.73. The summed E-state index contributed by atoms with van der Waals surface area (Å²) in [5, 5.41) is 18.2. The summed E-state index contributed by atoms with van der Waals surface area (Å²) in [5.41, 5.74) is 0.185. The summed E-state index contributed by atoms with van der Waals surface area (Å²) in [5.74, 6) is -1.50. The smallest absolute Gasteiger partial charge is 0.547 e. The first-order valence-corrected chi connectivity index (χ1v) is 2.10. The summed E-state index contributed by atoms with van der Waals surface area (Å²) < 4.78 is 0. The standard InChI is InChI=1S/C5H8O3.K/c1-3(2)4(6)5(7)8;/h4,6H,1H2,2H3,(H,7,8);/q;+1/p-1. The minimum absolute atomic E-state index is 0. The molecule has 1 unspecified atom stereocenters. The molecular formula is C5H7KO3. The molecule has 0 rings (SSSR count). The fourth-order valence-electron chi connectivity index (χ4n) is 0.201. The molecule has 0 aromatic heterocycles. The number of carbonyl (C=O) groups excluding carboxylic acids is 1. The summed E-state index contributed by atoms with van der Waals surface area (Å²) in [6.45, 7) is 4.62. The van der Waals surface area contributed by atoms with Crippen LogP contribution in [0.5, 0.6) is 0 Å². The first-order chi connectivity index (χ1) is 3.55. The van der Waals surface area contributed by atoms with Crippen LogP contribution in [0.15, 0.2) is 12.2 Å². The maximum absolute atomic E-state index is 9.72. The van der Waals surface area contributed by atoms with Crippen LogP contribution in [-0.2, 0) is 4.79 Å². The predicted octanol–water partition coefficient (Wildman–Crippen LogP) is -4.32. The van der Waals surface area contributed by atoms with E-state index in [2.05, 4.69) is 6.58 Å². The normalized spacial score (nSPS) is 11.3. The van der Waals surface area contributed by atoms with Crippen LogP contribution in [0.2, 0.25) is 0 Å². The van der Waals surface area contributed by atoms with Crippen molar-refractivity contribution in [3.05, 3.63) is 12.2 Å². The fourth-order valence-corrected chi connectivity index (χ4v) is 0.201. The van der Waals surface area contributed by atoms with Crippen molar-refractivity contribution >= 4 is 5.97 Å². The Bertz CT molecular complexity index is 107. The van der Waals surface area contributed by atoms with Gasteiger partial charge in [-0.1, -0.05) is 6.58 Å². The Kier molecular flexibility index (Phi) is 7.74. The topological polar surface area (TPSA) is 60.4 Å². The number of aliphatic carboxylic acids is 1. The Morgan fingerprint density at radius 1 is 1.78 bits per heavy atom. The first kappa shape index (κ1) is 12.5. The summed E-state index contributed by atoms with van der Waals surface area (Å²) in [4.78, 5) is 9.72. The molecule has 0 aromatic rings. The third kappa shape index (κ3) is 5.26. The number of aliphatic hydroxyl groups excluding tert-OH is 1. The van der Waals surface area contributed by atoms with Gasteiger partial charge in [0, 0.05) is 0 Å². The van der Waals surface area contributed by atoms with Crippen LogP contribution in [0.1, 0.15) is 6.92 Å². The largest absolute Gasteiger partial charge is 1.00 e. The van der Waals surface area contributed by atoms with Crippen LogP contribution in [0.25, 0.3) is 0 Å². The monoisotopic (exact) mass is 154 g/mol. The molecule has 1 atom stereocenters. The van der Waals surface area contributed by atoms with E-state index < -0.39 is 12.1 Å². The Hall–Kier alpha value is 0.806. The van der Waals surface area contributed by atoms with E-state index in [-0.39, 0.29) is 57.0 Å². The third-order valence-electron chi connectivity index (χ3n) is 0.690. The molecule has 0 radical (unpaired) electrons. The van der Waals surface area contributed by atoms with Gasteiger partial charge in [0.15, 0.2) is 0 Å². The van der Waals surface area contributed by atoms with E-state index in [1.807, 2.05) is 0 Å². The number of hydrogen-bond acceptors (Lipinski definition) is 3. The van der Waals surface area contributed by atoms with Crippen molar-refractivity contribution < 1.29 is 66.4 Å². The van der Waals surface area contributed by atoms with E-state index in [1.54, 1.807) is 0 Å². The zero-order valence-electron chi connectivity index (χ0n) is 5.55. The molecular weight excluding hydrogens is 147 g/mol. The second kappa shape index (κ2) is 5.58. The molecule has 0 fully saturated rings. The zero-order valence-corrected chi connectivity index (χ0v) is 8.67.